The Balaban J connectivity index is 2.40. The number of ether oxygens (including phenoxy) is 1. The number of nitrogens with zero attached hydrogens (tertiary/aromatic N) is 2. The third-order valence-electron chi connectivity index (χ3n) is 3.33. The highest BCUT2D eigenvalue weighted by Crippen LogP contribution is 2.43. The lowest BCUT2D eigenvalue weighted by atomic mass is 10.1. The van der Waals surface area contributed by atoms with Crippen LogP contribution in [-0.2, 0) is 4.74 Å². The average Bonchev–Trinajstić information content (AvgIpc) is 3.20. The number of hydrogen-bond acceptors (Lipinski definition) is 4. The fourth-order valence-corrected chi connectivity index (χ4v) is 2.99. The Kier molecular flexibility index (Phi) is 4.79. The monoisotopic (exact) mass is 327 g/mol. The van der Waals surface area contributed by atoms with E-state index in [1.54, 1.807) is 0 Å². The van der Waals surface area contributed by atoms with Gasteiger partial charge in [0, 0.05) is 13.7 Å². The molecule has 0 aliphatic heterocycles. The van der Waals surface area contributed by atoms with Crippen molar-refractivity contribution in [3.05, 3.63) is 16.0 Å². The molecule has 1 N–H and O–H groups in total. The summed E-state index contributed by atoms with van der Waals surface area (Å²) in [4.78, 5) is 9.36. The molecular formula is C14H22BrN3O. The Hall–Kier alpha value is -0.680. The quantitative estimate of drug-likeness (QED) is 0.860. The molecule has 1 aromatic heterocycles. The molecule has 0 bridgehead atoms. The molecule has 106 valence electrons. The van der Waals surface area contributed by atoms with Gasteiger partial charge in [0.15, 0.2) is 5.82 Å². The number of anilines is 1. The highest BCUT2D eigenvalue weighted by atomic mass is 79.9. The summed E-state index contributed by atoms with van der Waals surface area (Å²) in [5, 5.41) is 3.13. The van der Waals surface area contributed by atoms with Gasteiger partial charge in [-0.25, -0.2) is 9.97 Å². The molecule has 1 saturated carbocycles. The van der Waals surface area contributed by atoms with E-state index in [1.165, 1.54) is 12.8 Å². The van der Waals surface area contributed by atoms with Crippen LogP contribution in [0.5, 0.6) is 0 Å². The molecule has 4 nitrogen and oxygen atoms in total. The zero-order valence-electron chi connectivity index (χ0n) is 12.0. The van der Waals surface area contributed by atoms with Crippen LogP contribution >= 0.6 is 15.9 Å². The van der Waals surface area contributed by atoms with Crippen molar-refractivity contribution in [3.63, 3.8) is 0 Å². The Bertz CT molecular complexity index is 447. The first-order valence-corrected chi connectivity index (χ1v) is 7.74. The maximum atomic E-state index is 5.86. The van der Waals surface area contributed by atoms with Crippen molar-refractivity contribution < 1.29 is 4.74 Å². The standard InChI is InChI=1S/C14H22BrN3O/c1-5-19-12(9-6-7-9)14-17-11(8(2)3)10(15)13(16-4)18-14/h8-9,12H,5-7H2,1-4H3,(H,16,17,18). The lowest BCUT2D eigenvalue weighted by Gasteiger charge is -2.19. The normalized spacial score (nSPS) is 16.7. The van der Waals surface area contributed by atoms with Gasteiger partial charge in [-0.05, 0) is 47.5 Å². The fraction of sp³-hybridized carbons (Fsp3) is 0.714. The Morgan fingerprint density at radius 2 is 2.05 bits per heavy atom. The van der Waals surface area contributed by atoms with Crippen molar-refractivity contribution in [1.82, 2.24) is 9.97 Å². The molecule has 1 aliphatic rings. The minimum atomic E-state index is 0.0442. The van der Waals surface area contributed by atoms with Crippen molar-refractivity contribution in [2.45, 2.75) is 45.6 Å². The second-order valence-electron chi connectivity index (χ2n) is 5.25. The summed E-state index contributed by atoms with van der Waals surface area (Å²) in [6.07, 6.45) is 2.48. The van der Waals surface area contributed by atoms with E-state index >= 15 is 0 Å². The molecule has 0 saturated heterocycles. The first-order valence-electron chi connectivity index (χ1n) is 6.95. The number of rotatable bonds is 6. The molecule has 2 rings (SSSR count). The summed E-state index contributed by atoms with van der Waals surface area (Å²) in [5.41, 5.74) is 1.04. The molecule has 5 heteroatoms. The molecular weight excluding hydrogens is 306 g/mol. The zero-order valence-corrected chi connectivity index (χ0v) is 13.6. The van der Waals surface area contributed by atoms with E-state index in [-0.39, 0.29) is 6.10 Å². The van der Waals surface area contributed by atoms with E-state index in [0.29, 0.717) is 18.4 Å². The van der Waals surface area contributed by atoms with Crippen LogP contribution in [0.1, 0.15) is 57.2 Å². The van der Waals surface area contributed by atoms with Crippen molar-refractivity contribution in [3.8, 4) is 0 Å². The number of nitrogens with one attached hydrogen (secondary N) is 1. The smallest absolute Gasteiger partial charge is 0.160 e. The molecule has 0 spiro atoms. The molecule has 1 fully saturated rings. The van der Waals surface area contributed by atoms with Crippen molar-refractivity contribution in [1.29, 1.82) is 0 Å². The second-order valence-corrected chi connectivity index (χ2v) is 6.04. The Labute approximate surface area is 123 Å². The molecule has 0 radical (unpaired) electrons. The first kappa shape index (κ1) is 14.7. The van der Waals surface area contributed by atoms with Gasteiger partial charge >= 0.3 is 0 Å². The van der Waals surface area contributed by atoms with Crippen LogP contribution in [0.25, 0.3) is 0 Å². The SMILES string of the molecule is CCOC(c1nc(NC)c(Br)c(C(C)C)n1)C1CC1. The lowest BCUT2D eigenvalue weighted by molar-refractivity contribution is 0.0399. The summed E-state index contributed by atoms with van der Waals surface area (Å²) in [6, 6.07) is 0. The van der Waals surface area contributed by atoms with Crippen LogP contribution < -0.4 is 5.32 Å². The van der Waals surface area contributed by atoms with Crippen LogP contribution in [-0.4, -0.2) is 23.6 Å². The zero-order chi connectivity index (χ0) is 14.0. The van der Waals surface area contributed by atoms with Crippen molar-refractivity contribution in [2.75, 3.05) is 19.0 Å². The van der Waals surface area contributed by atoms with Gasteiger partial charge in [-0.1, -0.05) is 13.8 Å². The van der Waals surface area contributed by atoms with Gasteiger partial charge < -0.3 is 10.1 Å². The van der Waals surface area contributed by atoms with E-state index < -0.39 is 0 Å². The van der Waals surface area contributed by atoms with E-state index in [0.717, 1.165) is 21.8 Å². The Morgan fingerprint density at radius 1 is 1.37 bits per heavy atom. The third kappa shape index (κ3) is 3.26. The highest BCUT2D eigenvalue weighted by Gasteiger charge is 2.35. The van der Waals surface area contributed by atoms with E-state index in [2.05, 4.69) is 40.1 Å². The average molecular weight is 328 g/mol. The number of halogens is 1. The molecule has 19 heavy (non-hydrogen) atoms. The molecule has 1 unspecified atom stereocenters. The number of hydrogen-bond donors (Lipinski definition) is 1. The van der Waals surface area contributed by atoms with E-state index in [9.17, 15) is 0 Å². The molecule has 1 atom stereocenters. The maximum Gasteiger partial charge on any atom is 0.160 e. The summed E-state index contributed by atoms with van der Waals surface area (Å²) < 4.78 is 6.82. The fourth-order valence-electron chi connectivity index (χ4n) is 2.16. The predicted octanol–water partition coefficient (Wildman–Crippen LogP) is 3.89. The molecule has 0 amide bonds. The van der Waals surface area contributed by atoms with Crippen molar-refractivity contribution >= 4 is 21.7 Å². The van der Waals surface area contributed by atoms with Crippen LogP contribution in [0.4, 0.5) is 5.82 Å². The van der Waals surface area contributed by atoms with Crippen LogP contribution in [0.15, 0.2) is 4.47 Å². The van der Waals surface area contributed by atoms with Gasteiger partial charge in [0.1, 0.15) is 11.9 Å². The number of aromatic nitrogens is 2. The van der Waals surface area contributed by atoms with Gasteiger partial charge in [0.05, 0.1) is 10.2 Å². The van der Waals surface area contributed by atoms with Crippen LogP contribution in [0, 0.1) is 5.92 Å². The summed E-state index contributed by atoms with van der Waals surface area (Å²) >= 11 is 3.59. The van der Waals surface area contributed by atoms with E-state index in [4.69, 9.17) is 9.72 Å². The molecule has 1 aliphatic carbocycles. The molecule has 0 aromatic carbocycles. The predicted molar refractivity (Wildman–Crippen MR) is 80.5 cm³/mol. The topological polar surface area (TPSA) is 47.0 Å². The summed E-state index contributed by atoms with van der Waals surface area (Å²) in [5.74, 6) is 2.61. The van der Waals surface area contributed by atoms with Gasteiger partial charge in [-0.15, -0.1) is 0 Å². The Morgan fingerprint density at radius 3 is 2.53 bits per heavy atom. The molecule has 1 heterocycles. The van der Waals surface area contributed by atoms with Crippen LogP contribution in [0.3, 0.4) is 0 Å². The van der Waals surface area contributed by atoms with Crippen molar-refractivity contribution in [2.24, 2.45) is 5.92 Å². The largest absolute Gasteiger partial charge is 0.372 e. The third-order valence-corrected chi connectivity index (χ3v) is 4.11. The maximum absolute atomic E-state index is 5.86. The highest BCUT2D eigenvalue weighted by molar-refractivity contribution is 9.10. The first-order chi connectivity index (χ1) is 9.08. The summed E-state index contributed by atoms with van der Waals surface area (Å²) in [6.45, 7) is 7.01. The second kappa shape index (κ2) is 6.18. The van der Waals surface area contributed by atoms with Gasteiger partial charge in [0.25, 0.3) is 0 Å². The van der Waals surface area contributed by atoms with Gasteiger partial charge in [-0.3, -0.25) is 0 Å². The minimum Gasteiger partial charge on any atom is -0.372 e. The molecule has 1 aromatic rings. The van der Waals surface area contributed by atoms with E-state index in [1.807, 2.05) is 14.0 Å². The summed E-state index contributed by atoms with van der Waals surface area (Å²) in [7, 11) is 1.88. The lowest BCUT2D eigenvalue weighted by Crippen LogP contribution is -2.14. The minimum absolute atomic E-state index is 0.0442. The van der Waals surface area contributed by atoms with Crippen LogP contribution in [0.2, 0.25) is 0 Å². The van der Waals surface area contributed by atoms with Gasteiger partial charge in [-0.2, -0.15) is 0 Å². The van der Waals surface area contributed by atoms with Gasteiger partial charge in [0.2, 0.25) is 0 Å².